The van der Waals surface area contributed by atoms with Crippen molar-refractivity contribution in [3.63, 3.8) is 0 Å². The summed E-state index contributed by atoms with van der Waals surface area (Å²) in [6, 6.07) is 31.4. The van der Waals surface area contributed by atoms with Gasteiger partial charge in [0.05, 0.1) is 24.9 Å². The van der Waals surface area contributed by atoms with Crippen LogP contribution in [0.2, 0.25) is 5.04 Å². The number of carbonyl (C=O) groups is 1. The number of hydrogen-bond donors (Lipinski definition) is 1. The van der Waals surface area contributed by atoms with E-state index in [9.17, 15) is 4.79 Å². The van der Waals surface area contributed by atoms with Crippen LogP contribution >= 0.6 is 0 Å². The first kappa shape index (κ1) is 25.4. The van der Waals surface area contributed by atoms with E-state index in [0.717, 1.165) is 18.4 Å². The van der Waals surface area contributed by atoms with Gasteiger partial charge in [-0.15, -0.1) is 0 Å². The molecule has 184 valence electrons. The fraction of sp³-hybridized carbons (Fsp3) is 0.367. The molecule has 2 unspecified atom stereocenters. The second kappa shape index (κ2) is 10.5. The fourth-order valence-corrected chi connectivity index (χ4v) is 9.95. The van der Waals surface area contributed by atoms with Crippen molar-refractivity contribution >= 4 is 24.6 Å². The van der Waals surface area contributed by atoms with Gasteiger partial charge in [-0.25, -0.2) is 0 Å². The van der Waals surface area contributed by atoms with Gasteiger partial charge in [0.15, 0.2) is 0 Å². The summed E-state index contributed by atoms with van der Waals surface area (Å²) in [6.07, 6.45) is 1.64. The summed E-state index contributed by atoms with van der Waals surface area (Å²) < 4.78 is 13.6. The second-order valence-corrected chi connectivity index (χ2v) is 14.9. The lowest BCUT2D eigenvalue weighted by atomic mass is 9.74. The molecular weight excluding hydrogens is 450 g/mol. The van der Waals surface area contributed by atoms with E-state index in [1.165, 1.54) is 10.4 Å². The largest absolute Gasteiger partial charge is 0.405 e. The molecule has 1 fully saturated rings. The van der Waals surface area contributed by atoms with Crippen LogP contribution in [-0.2, 0) is 20.6 Å². The number of ether oxygens (including phenoxy) is 1. The molecule has 1 aliphatic rings. The highest BCUT2D eigenvalue weighted by atomic mass is 28.4. The van der Waals surface area contributed by atoms with E-state index in [1.807, 2.05) is 18.2 Å². The molecule has 4 rings (SSSR count). The van der Waals surface area contributed by atoms with Crippen LogP contribution < -0.4 is 15.7 Å². The topological polar surface area (TPSA) is 47.6 Å². The lowest BCUT2D eigenvalue weighted by Gasteiger charge is -2.52. The summed E-state index contributed by atoms with van der Waals surface area (Å²) in [5.74, 6) is -0.0518. The van der Waals surface area contributed by atoms with E-state index in [0.29, 0.717) is 13.2 Å². The molecule has 0 aromatic heterocycles. The number of carbonyl (C=O) groups excluding carboxylic acids is 1. The Bertz CT molecular complexity index is 1060. The highest BCUT2D eigenvalue weighted by molar-refractivity contribution is 6.99. The van der Waals surface area contributed by atoms with Crippen molar-refractivity contribution in [2.75, 3.05) is 6.61 Å². The van der Waals surface area contributed by atoms with Crippen LogP contribution in [0.3, 0.4) is 0 Å². The smallest absolute Gasteiger partial charge is 0.261 e. The van der Waals surface area contributed by atoms with Gasteiger partial charge in [-0.2, -0.15) is 0 Å². The van der Waals surface area contributed by atoms with E-state index >= 15 is 0 Å². The van der Waals surface area contributed by atoms with E-state index < -0.39 is 13.9 Å². The lowest BCUT2D eigenvalue weighted by molar-refractivity contribution is -0.135. The molecule has 1 saturated carbocycles. The van der Waals surface area contributed by atoms with Crippen LogP contribution in [0.4, 0.5) is 0 Å². The molecule has 0 saturated heterocycles. The molecule has 0 aliphatic heterocycles. The van der Waals surface area contributed by atoms with Gasteiger partial charge in [0.2, 0.25) is 5.91 Å². The Morgan fingerprint density at radius 2 is 1.43 bits per heavy atom. The highest BCUT2D eigenvalue weighted by Gasteiger charge is 2.55. The maximum absolute atomic E-state index is 12.3. The minimum Gasteiger partial charge on any atom is -0.405 e. The second-order valence-electron chi connectivity index (χ2n) is 10.6. The number of hydrogen-bond acceptors (Lipinski definition) is 3. The van der Waals surface area contributed by atoms with Gasteiger partial charge in [-0.3, -0.25) is 4.79 Å². The molecule has 0 heterocycles. The third kappa shape index (κ3) is 5.27. The van der Waals surface area contributed by atoms with E-state index in [1.54, 1.807) is 6.92 Å². The number of rotatable bonds is 9. The van der Waals surface area contributed by atoms with E-state index in [4.69, 9.17) is 9.16 Å². The molecular formula is C30H37NO3Si. The van der Waals surface area contributed by atoms with Crippen molar-refractivity contribution in [2.24, 2.45) is 0 Å². The first-order chi connectivity index (χ1) is 16.8. The maximum atomic E-state index is 12.3. The van der Waals surface area contributed by atoms with Gasteiger partial charge in [0.1, 0.15) is 0 Å². The first-order valence-corrected chi connectivity index (χ1v) is 14.4. The van der Waals surface area contributed by atoms with Crippen LogP contribution in [0.15, 0.2) is 91.0 Å². The number of nitrogens with one attached hydrogen (secondary N) is 1. The molecule has 1 aliphatic carbocycles. The Balaban J connectivity index is 1.67. The Kier molecular flexibility index (Phi) is 7.60. The van der Waals surface area contributed by atoms with Gasteiger partial charge < -0.3 is 14.5 Å². The molecule has 35 heavy (non-hydrogen) atoms. The summed E-state index contributed by atoms with van der Waals surface area (Å²) in [5, 5.41) is 5.58. The van der Waals surface area contributed by atoms with Crippen molar-refractivity contribution in [1.29, 1.82) is 0 Å². The third-order valence-corrected chi connectivity index (χ3v) is 12.1. The predicted molar refractivity (Wildman–Crippen MR) is 144 cm³/mol. The summed E-state index contributed by atoms with van der Waals surface area (Å²) in [7, 11) is -2.72. The monoisotopic (exact) mass is 487 g/mol. The Morgan fingerprint density at radius 3 is 1.86 bits per heavy atom. The molecule has 1 N–H and O–H groups in total. The minimum atomic E-state index is -2.72. The van der Waals surface area contributed by atoms with Crippen LogP contribution in [0.25, 0.3) is 0 Å². The first-order valence-electron chi connectivity index (χ1n) is 12.5. The van der Waals surface area contributed by atoms with Crippen LogP contribution in [0, 0.1) is 0 Å². The Morgan fingerprint density at radius 1 is 0.914 bits per heavy atom. The number of benzene rings is 3. The summed E-state index contributed by atoms with van der Waals surface area (Å²) >= 11 is 0. The maximum Gasteiger partial charge on any atom is 0.261 e. The quantitative estimate of drug-likeness (QED) is 0.441. The van der Waals surface area contributed by atoms with Crippen LogP contribution in [0.5, 0.6) is 0 Å². The normalized spacial score (nSPS) is 20.2. The molecule has 0 bridgehead atoms. The molecule has 2 atom stereocenters. The summed E-state index contributed by atoms with van der Waals surface area (Å²) in [5.41, 5.74) is 0.595. The van der Waals surface area contributed by atoms with Crippen molar-refractivity contribution in [1.82, 2.24) is 5.32 Å². The summed E-state index contributed by atoms with van der Waals surface area (Å²) in [6.45, 7) is 9.33. The average Bonchev–Trinajstić information content (AvgIpc) is 2.84. The molecule has 0 radical (unpaired) electrons. The fourth-order valence-electron chi connectivity index (χ4n) is 5.32. The van der Waals surface area contributed by atoms with Gasteiger partial charge >= 0.3 is 0 Å². The van der Waals surface area contributed by atoms with Crippen molar-refractivity contribution in [3.05, 3.63) is 96.6 Å². The Hall–Kier alpha value is -2.73. The van der Waals surface area contributed by atoms with Gasteiger partial charge in [-0.1, -0.05) is 112 Å². The zero-order valence-electron chi connectivity index (χ0n) is 21.3. The summed E-state index contributed by atoms with van der Waals surface area (Å²) in [4.78, 5) is 12.3. The van der Waals surface area contributed by atoms with Crippen LogP contribution in [-0.4, -0.2) is 32.5 Å². The van der Waals surface area contributed by atoms with E-state index in [-0.39, 0.29) is 17.0 Å². The zero-order valence-corrected chi connectivity index (χ0v) is 22.3. The molecule has 3 aromatic carbocycles. The average molecular weight is 488 g/mol. The standard InChI is InChI=1S/C30H37NO3Si/c1-24(32)31-30(21-20-28(30)33-22-25-14-8-5-9-15-25)23-34-35(29(2,3)4,26-16-10-6-11-17-26)27-18-12-7-13-19-27/h5-19,28H,20-23H2,1-4H3,(H,31,32). The lowest BCUT2D eigenvalue weighted by Crippen LogP contribution is -2.72. The predicted octanol–water partition coefficient (Wildman–Crippen LogP) is 4.82. The van der Waals surface area contributed by atoms with Crippen molar-refractivity contribution in [2.45, 2.75) is 63.8 Å². The van der Waals surface area contributed by atoms with Gasteiger partial charge in [0, 0.05) is 6.92 Å². The number of amides is 1. The molecule has 5 heteroatoms. The molecule has 1 amide bonds. The van der Waals surface area contributed by atoms with Crippen molar-refractivity contribution < 1.29 is 14.0 Å². The highest BCUT2D eigenvalue weighted by Crippen LogP contribution is 2.41. The van der Waals surface area contributed by atoms with Crippen molar-refractivity contribution in [3.8, 4) is 0 Å². The van der Waals surface area contributed by atoms with E-state index in [2.05, 4.69) is 98.9 Å². The molecule has 0 spiro atoms. The molecule has 3 aromatic rings. The third-order valence-electron chi connectivity index (χ3n) is 7.15. The molecule has 4 nitrogen and oxygen atoms in total. The zero-order chi connectivity index (χ0) is 24.9. The van der Waals surface area contributed by atoms with Gasteiger partial charge in [0.25, 0.3) is 8.32 Å². The van der Waals surface area contributed by atoms with Crippen LogP contribution in [0.1, 0.15) is 46.1 Å². The SMILES string of the molecule is CC(=O)NC1(CO[Si](c2ccccc2)(c2ccccc2)C(C)(C)C)CCC1OCc1ccccc1. The van der Waals surface area contributed by atoms with Gasteiger partial charge in [-0.05, 0) is 33.8 Å². The Labute approximate surface area is 210 Å². The minimum absolute atomic E-state index is 0.0518.